The molecule has 0 saturated carbocycles. The number of hydrogen-bond donors (Lipinski definition) is 1. The molecule has 1 atom stereocenters. The predicted octanol–water partition coefficient (Wildman–Crippen LogP) is 3.17. The van der Waals surface area contributed by atoms with Gasteiger partial charge >= 0.3 is 0 Å². The lowest BCUT2D eigenvalue weighted by Crippen LogP contribution is -2.24. The number of anilines is 1. The third-order valence-electron chi connectivity index (χ3n) is 2.76. The van der Waals surface area contributed by atoms with Crippen molar-refractivity contribution in [1.82, 2.24) is 4.98 Å². The van der Waals surface area contributed by atoms with Crippen LogP contribution in [0.4, 0.5) is 5.82 Å². The van der Waals surface area contributed by atoms with Crippen LogP contribution in [0, 0.1) is 17.2 Å². The molecule has 0 aliphatic heterocycles. The minimum Gasteiger partial charge on any atom is -0.309 e. The lowest BCUT2D eigenvalue weighted by Gasteiger charge is -2.10. The van der Waals surface area contributed by atoms with E-state index in [1.165, 1.54) is 0 Å². The molecule has 2 rings (SSSR count). The standard InChI is InChI=1S/C15H12BrN3O/c16-13-7-4-8-18-14(13)19-15(20)12(10-17)9-11-5-2-1-3-6-11/h1-8,12H,9H2,(H,18,19,20). The first-order valence-corrected chi connectivity index (χ1v) is 6.85. The Labute approximate surface area is 125 Å². The van der Waals surface area contributed by atoms with Crippen LogP contribution in [0.1, 0.15) is 5.56 Å². The number of benzene rings is 1. The van der Waals surface area contributed by atoms with E-state index >= 15 is 0 Å². The van der Waals surface area contributed by atoms with Crippen molar-refractivity contribution in [3.8, 4) is 6.07 Å². The van der Waals surface area contributed by atoms with Crippen LogP contribution < -0.4 is 5.32 Å². The van der Waals surface area contributed by atoms with Crippen molar-refractivity contribution in [2.75, 3.05) is 5.32 Å². The van der Waals surface area contributed by atoms with Gasteiger partial charge in [-0.1, -0.05) is 30.3 Å². The molecule has 1 unspecified atom stereocenters. The summed E-state index contributed by atoms with van der Waals surface area (Å²) in [5.74, 6) is -0.673. The van der Waals surface area contributed by atoms with Crippen molar-refractivity contribution < 1.29 is 4.79 Å². The number of rotatable bonds is 4. The van der Waals surface area contributed by atoms with Crippen LogP contribution in [0.2, 0.25) is 0 Å². The molecule has 1 aromatic heterocycles. The van der Waals surface area contributed by atoms with Crippen molar-refractivity contribution in [1.29, 1.82) is 5.26 Å². The zero-order valence-electron chi connectivity index (χ0n) is 10.6. The Morgan fingerprint density at radius 2 is 2.05 bits per heavy atom. The molecule has 1 aromatic carbocycles. The number of nitrogens with one attached hydrogen (secondary N) is 1. The van der Waals surface area contributed by atoms with Crippen LogP contribution in [0.15, 0.2) is 53.1 Å². The molecule has 4 nitrogen and oxygen atoms in total. The molecule has 0 aliphatic rings. The van der Waals surface area contributed by atoms with Gasteiger partial charge in [0.1, 0.15) is 11.7 Å². The molecule has 0 radical (unpaired) electrons. The summed E-state index contributed by atoms with van der Waals surface area (Å²) in [6.07, 6.45) is 1.96. The summed E-state index contributed by atoms with van der Waals surface area (Å²) in [5, 5.41) is 11.8. The average Bonchev–Trinajstić information content (AvgIpc) is 2.48. The van der Waals surface area contributed by atoms with Crippen molar-refractivity contribution in [3.05, 3.63) is 58.7 Å². The van der Waals surface area contributed by atoms with E-state index in [9.17, 15) is 4.79 Å². The summed E-state index contributed by atoms with van der Waals surface area (Å²) < 4.78 is 0.685. The lowest BCUT2D eigenvalue weighted by molar-refractivity contribution is -0.118. The Morgan fingerprint density at radius 3 is 2.70 bits per heavy atom. The first-order valence-electron chi connectivity index (χ1n) is 6.05. The van der Waals surface area contributed by atoms with E-state index in [1.807, 2.05) is 36.4 Å². The molecule has 1 heterocycles. The third-order valence-corrected chi connectivity index (χ3v) is 3.39. The highest BCUT2D eigenvalue weighted by atomic mass is 79.9. The van der Waals surface area contributed by atoms with E-state index in [0.29, 0.717) is 16.7 Å². The highest BCUT2D eigenvalue weighted by Crippen LogP contribution is 2.19. The summed E-state index contributed by atoms with van der Waals surface area (Å²) in [6, 6.07) is 15.0. The Balaban J connectivity index is 2.07. The van der Waals surface area contributed by atoms with Crippen LogP contribution in [-0.2, 0) is 11.2 Å². The van der Waals surface area contributed by atoms with Crippen LogP contribution in [-0.4, -0.2) is 10.9 Å². The van der Waals surface area contributed by atoms with Gasteiger partial charge in [0.25, 0.3) is 0 Å². The molecule has 100 valence electrons. The van der Waals surface area contributed by atoms with Gasteiger partial charge in [-0.05, 0) is 40.0 Å². The van der Waals surface area contributed by atoms with Gasteiger partial charge in [-0.2, -0.15) is 5.26 Å². The first-order chi connectivity index (χ1) is 9.70. The smallest absolute Gasteiger partial charge is 0.243 e. The highest BCUT2D eigenvalue weighted by Gasteiger charge is 2.19. The Morgan fingerprint density at radius 1 is 1.30 bits per heavy atom. The van der Waals surface area contributed by atoms with Gasteiger partial charge in [0.05, 0.1) is 10.5 Å². The zero-order chi connectivity index (χ0) is 14.4. The number of nitrogens with zero attached hydrogens (tertiary/aromatic N) is 2. The molecule has 0 spiro atoms. The first kappa shape index (κ1) is 14.2. The summed E-state index contributed by atoms with van der Waals surface area (Å²) >= 11 is 3.30. The lowest BCUT2D eigenvalue weighted by atomic mass is 10.00. The molecule has 0 saturated heterocycles. The number of nitriles is 1. The molecule has 20 heavy (non-hydrogen) atoms. The van der Waals surface area contributed by atoms with Gasteiger partial charge in [-0.3, -0.25) is 4.79 Å². The van der Waals surface area contributed by atoms with Crippen LogP contribution >= 0.6 is 15.9 Å². The second-order valence-electron chi connectivity index (χ2n) is 4.19. The van der Waals surface area contributed by atoms with Gasteiger partial charge in [-0.15, -0.1) is 0 Å². The normalized spacial score (nSPS) is 11.4. The number of hydrogen-bond acceptors (Lipinski definition) is 3. The Bertz CT molecular complexity index is 637. The summed E-state index contributed by atoms with van der Waals surface area (Å²) in [4.78, 5) is 16.2. The number of carbonyl (C=O) groups excluding carboxylic acids is 1. The second-order valence-corrected chi connectivity index (χ2v) is 5.05. The fraction of sp³-hybridized carbons (Fsp3) is 0.133. The maximum absolute atomic E-state index is 12.1. The highest BCUT2D eigenvalue weighted by molar-refractivity contribution is 9.10. The zero-order valence-corrected chi connectivity index (χ0v) is 12.2. The Kier molecular flexibility index (Phi) is 4.85. The van der Waals surface area contributed by atoms with E-state index < -0.39 is 5.92 Å². The minimum absolute atomic E-state index is 0.351. The number of halogens is 1. The minimum atomic E-state index is -0.744. The van der Waals surface area contributed by atoms with Gasteiger partial charge in [-0.25, -0.2) is 4.98 Å². The van der Waals surface area contributed by atoms with E-state index in [4.69, 9.17) is 5.26 Å². The van der Waals surface area contributed by atoms with Crippen molar-refractivity contribution in [3.63, 3.8) is 0 Å². The summed E-state index contributed by atoms with van der Waals surface area (Å²) in [7, 11) is 0. The van der Waals surface area contributed by atoms with Crippen molar-refractivity contribution in [2.45, 2.75) is 6.42 Å². The van der Waals surface area contributed by atoms with E-state index in [1.54, 1.807) is 18.3 Å². The maximum atomic E-state index is 12.1. The average molecular weight is 330 g/mol. The quantitative estimate of drug-likeness (QED) is 0.936. The fourth-order valence-corrected chi connectivity index (χ4v) is 2.08. The van der Waals surface area contributed by atoms with Gasteiger partial charge < -0.3 is 5.32 Å². The molecular weight excluding hydrogens is 318 g/mol. The van der Waals surface area contributed by atoms with Crippen LogP contribution in [0.5, 0.6) is 0 Å². The number of pyridine rings is 1. The van der Waals surface area contributed by atoms with Gasteiger partial charge in [0.2, 0.25) is 5.91 Å². The topological polar surface area (TPSA) is 65.8 Å². The molecule has 2 aromatic rings. The predicted molar refractivity (Wildman–Crippen MR) is 79.8 cm³/mol. The van der Waals surface area contributed by atoms with Crippen LogP contribution in [0.25, 0.3) is 0 Å². The fourth-order valence-electron chi connectivity index (χ4n) is 1.73. The second kappa shape index (κ2) is 6.83. The number of amides is 1. The number of carbonyl (C=O) groups is 1. The van der Waals surface area contributed by atoms with Gasteiger partial charge in [0, 0.05) is 6.20 Å². The molecule has 5 heteroatoms. The number of aromatic nitrogens is 1. The summed E-state index contributed by atoms with van der Waals surface area (Å²) in [6.45, 7) is 0. The molecule has 0 bridgehead atoms. The maximum Gasteiger partial charge on any atom is 0.243 e. The molecule has 1 amide bonds. The SMILES string of the molecule is N#CC(Cc1ccccc1)C(=O)Nc1ncccc1Br. The molecule has 0 aliphatic carbocycles. The summed E-state index contributed by atoms with van der Waals surface area (Å²) in [5.41, 5.74) is 0.953. The molecular formula is C15H12BrN3O. The van der Waals surface area contributed by atoms with E-state index in [-0.39, 0.29) is 5.91 Å². The third kappa shape index (κ3) is 3.65. The largest absolute Gasteiger partial charge is 0.309 e. The molecule has 1 N–H and O–H groups in total. The van der Waals surface area contributed by atoms with E-state index in [0.717, 1.165) is 5.56 Å². The van der Waals surface area contributed by atoms with Crippen molar-refractivity contribution >= 4 is 27.7 Å². The van der Waals surface area contributed by atoms with Gasteiger partial charge in [0.15, 0.2) is 0 Å². The van der Waals surface area contributed by atoms with Crippen molar-refractivity contribution in [2.24, 2.45) is 5.92 Å². The Hall–Kier alpha value is -2.19. The van der Waals surface area contributed by atoms with E-state index in [2.05, 4.69) is 26.2 Å². The molecule has 0 fully saturated rings. The van der Waals surface area contributed by atoms with Crippen LogP contribution in [0.3, 0.4) is 0 Å². The monoisotopic (exact) mass is 329 g/mol.